The summed E-state index contributed by atoms with van der Waals surface area (Å²) in [5, 5.41) is 7.02. The molecule has 2 aromatic carbocycles. The lowest BCUT2D eigenvalue weighted by Gasteiger charge is -2.46. The van der Waals surface area contributed by atoms with E-state index in [-0.39, 0.29) is 35.2 Å². The number of hydrogen-bond donors (Lipinski definition) is 2. The molecule has 2 aromatic rings. The molecule has 2 N–H and O–H groups in total. The summed E-state index contributed by atoms with van der Waals surface area (Å²) in [6, 6.07) is 18.1. The maximum Gasteiger partial charge on any atom is 0.251 e. The minimum atomic E-state index is -0.157. The Morgan fingerprint density at radius 1 is 0.941 bits per heavy atom. The summed E-state index contributed by atoms with van der Waals surface area (Å²) >= 11 is 0. The van der Waals surface area contributed by atoms with Crippen LogP contribution < -0.4 is 10.6 Å². The average molecular weight is 460 g/mol. The zero-order chi connectivity index (χ0) is 23.9. The van der Waals surface area contributed by atoms with Gasteiger partial charge in [-0.05, 0) is 48.4 Å². The third-order valence-corrected chi connectivity index (χ3v) is 8.11. The first-order valence-corrected chi connectivity index (χ1v) is 12.9. The minimum Gasteiger partial charge on any atom is -0.381 e. The molecule has 5 nitrogen and oxygen atoms in total. The Kier molecular flexibility index (Phi) is 6.13. The molecule has 0 aromatic heterocycles. The summed E-state index contributed by atoms with van der Waals surface area (Å²) < 4.78 is 0. The van der Waals surface area contributed by atoms with E-state index in [0.29, 0.717) is 17.5 Å². The predicted molar refractivity (Wildman–Crippen MR) is 136 cm³/mol. The third-order valence-electron chi connectivity index (χ3n) is 8.11. The highest BCUT2D eigenvalue weighted by Gasteiger charge is 2.50. The van der Waals surface area contributed by atoms with Crippen molar-refractivity contribution < 1.29 is 9.59 Å². The van der Waals surface area contributed by atoms with Gasteiger partial charge in [-0.2, -0.15) is 0 Å². The molecule has 1 aliphatic carbocycles. The highest BCUT2D eigenvalue weighted by atomic mass is 16.2. The van der Waals surface area contributed by atoms with Gasteiger partial charge in [-0.3, -0.25) is 9.59 Å². The van der Waals surface area contributed by atoms with Gasteiger partial charge in [-0.1, -0.05) is 70.0 Å². The monoisotopic (exact) mass is 459 g/mol. The lowest BCUT2D eigenvalue weighted by Crippen LogP contribution is -2.51. The fourth-order valence-corrected chi connectivity index (χ4v) is 6.48. The zero-order valence-electron chi connectivity index (χ0n) is 20.6. The van der Waals surface area contributed by atoms with Crippen molar-refractivity contribution in [1.82, 2.24) is 10.2 Å². The first-order chi connectivity index (χ1) is 16.3. The van der Waals surface area contributed by atoms with Gasteiger partial charge in [0, 0.05) is 35.8 Å². The molecule has 34 heavy (non-hydrogen) atoms. The topological polar surface area (TPSA) is 61.4 Å². The number of carbonyl (C=O) groups excluding carboxylic acids is 2. The molecule has 5 atom stereocenters. The van der Waals surface area contributed by atoms with Crippen LogP contribution in [0.2, 0.25) is 0 Å². The summed E-state index contributed by atoms with van der Waals surface area (Å²) in [6.07, 6.45) is 4.80. The Labute approximate surface area is 203 Å². The molecule has 0 bridgehead atoms. The number of amides is 2. The van der Waals surface area contributed by atoms with Crippen LogP contribution in [0.5, 0.6) is 0 Å². The first-order valence-electron chi connectivity index (χ1n) is 12.9. The molecule has 2 aliphatic heterocycles. The first kappa shape index (κ1) is 22.9. The molecule has 5 heteroatoms. The number of nitrogens with one attached hydrogen (secondary N) is 2. The van der Waals surface area contributed by atoms with E-state index in [1.54, 1.807) is 0 Å². The number of anilines is 1. The molecule has 5 rings (SSSR count). The van der Waals surface area contributed by atoms with Crippen molar-refractivity contribution in [2.24, 2.45) is 17.3 Å². The van der Waals surface area contributed by atoms with E-state index in [4.69, 9.17) is 0 Å². The van der Waals surface area contributed by atoms with Crippen molar-refractivity contribution >= 4 is 17.5 Å². The van der Waals surface area contributed by atoms with Crippen molar-refractivity contribution in [1.29, 1.82) is 0 Å². The van der Waals surface area contributed by atoms with Crippen LogP contribution in [0.25, 0.3) is 0 Å². The van der Waals surface area contributed by atoms with Crippen molar-refractivity contribution in [2.75, 3.05) is 11.9 Å². The highest BCUT2D eigenvalue weighted by Crippen LogP contribution is 2.50. The summed E-state index contributed by atoms with van der Waals surface area (Å²) in [4.78, 5) is 29.2. The predicted octanol–water partition coefficient (Wildman–Crippen LogP) is 5.41. The normalized spacial score (nSPS) is 28.4. The Balaban J connectivity index is 1.41. The van der Waals surface area contributed by atoms with Gasteiger partial charge in [-0.15, -0.1) is 0 Å². The van der Waals surface area contributed by atoms with Crippen LogP contribution in [0.4, 0.5) is 5.69 Å². The minimum absolute atomic E-state index is 0.0791. The van der Waals surface area contributed by atoms with Gasteiger partial charge in [0.05, 0.1) is 12.0 Å². The molecule has 0 spiro atoms. The van der Waals surface area contributed by atoms with Crippen molar-refractivity contribution in [3.8, 4) is 0 Å². The molecular weight excluding hydrogens is 422 g/mol. The second-order valence-corrected chi connectivity index (χ2v) is 11.3. The van der Waals surface area contributed by atoms with Crippen LogP contribution in [-0.2, 0) is 4.79 Å². The fourth-order valence-electron chi connectivity index (χ4n) is 6.48. The van der Waals surface area contributed by atoms with E-state index in [9.17, 15) is 9.59 Å². The van der Waals surface area contributed by atoms with Crippen LogP contribution in [0.3, 0.4) is 0 Å². The van der Waals surface area contributed by atoms with E-state index >= 15 is 0 Å². The summed E-state index contributed by atoms with van der Waals surface area (Å²) in [5.74, 6) is 0.370. The maximum atomic E-state index is 14.1. The number of benzene rings is 2. The molecule has 3 aliphatic rings. The quantitative estimate of drug-likeness (QED) is 0.646. The highest BCUT2D eigenvalue weighted by molar-refractivity contribution is 5.94. The molecule has 2 amide bonds. The Bertz CT molecular complexity index is 1040. The van der Waals surface area contributed by atoms with Crippen LogP contribution in [0.15, 0.2) is 54.6 Å². The molecule has 0 radical (unpaired) electrons. The maximum absolute atomic E-state index is 14.1. The number of nitrogens with zero attached hydrogens (tertiary/aromatic N) is 1. The van der Waals surface area contributed by atoms with Gasteiger partial charge in [-0.25, -0.2) is 0 Å². The number of likely N-dealkylation sites (tertiary alicyclic amines) is 1. The second kappa shape index (κ2) is 9.09. The Morgan fingerprint density at radius 3 is 2.41 bits per heavy atom. The molecule has 180 valence electrons. The van der Waals surface area contributed by atoms with Gasteiger partial charge in [0.2, 0.25) is 5.91 Å². The second-order valence-electron chi connectivity index (χ2n) is 11.3. The van der Waals surface area contributed by atoms with E-state index in [2.05, 4.69) is 60.6 Å². The van der Waals surface area contributed by atoms with Crippen LogP contribution in [-0.4, -0.2) is 35.3 Å². The Morgan fingerprint density at radius 2 is 1.65 bits per heavy atom. The lowest BCUT2D eigenvalue weighted by molar-refractivity contribution is -0.139. The van der Waals surface area contributed by atoms with Gasteiger partial charge >= 0.3 is 0 Å². The van der Waals surface area contributed by atoms with Gasteiger partial charge in [0.15, 0.2) is 0 Å². The fraction of sp³-hybridized carbons (Fsp3) is 0.517. The van der Waals surface area contributed by atoms with Crippen molar-refractivity contribution in [3.63, 3.8) is 0 Å². The van der Waals surface area contributed by atoms with E-state index in [0.717, 1.165) is 44.3 Å². The number of fused-ring (bicyclic) bond motifs is 3. The van der Waals surface area contributed by atoms with Crippen LogP contribution in [0, 0.1) is 17.3 Å². The summed E-state index contributed by atoms with van der Waals surface area (Å²) in [6.45, 7) is 7.65. The van der Waals surface area contributed by atoms with Gasteiger partial charge in [0.1, 0.15) is 0 Å². The van der Waals surface area contributed by atoms with E-state index in [1.165, 1.54) is 5.56 Å². The number of para-hydroxylation sites is 1. The molecule has 1 saturated carbocycles. The largest absolute Gasteiger partial charge is 0.381 e. The van der Waals surface area contributed by atoms with Crippen molar-refractivity contribution in [3.05, 3.63) is 65.7 Å². The lowest BCUT2D eigenvalue weighted by atomic mass is 9.72. The SMILES string of the molecule is CC(C)(C)[C@H]1Nc2ccccc2[C@H]2[C@@H]1CCN2C(=O)[C@H]1CCCC[C@H]1NC(=O)c1ccccc1. The molecule has 2 fully saturated rings. The molecule has 0 unspecified atom stereocenters. The third kappa shape index (κ3) is 4.21. The molecule has 1 saturated heterocycles. The van der Waals surface area contributed by atoms with Gasteiger partial charge in [0.25, 0.3) is 5.91 Å². The van der Waals surface area contributed by atoms with E-state index in [1.807, 2.05) is 30.3 Å². The smallest absolute Gasteiger partial charge is 0.251 e. The average Bonchev–Trinajstić information content (AvgIpc) is 3.29. The molecule has 2 heterocycles. The van der Waals surface area contributed by atoms with Crippen LogP contribution in [0.1, 0.15) is 74.8 Å². The standard InChI is InChI=1S/C29H37N3O2/c1-29(2,3)26-22-17-18-32(25(22)20-13-7-9-15-23(20)30-26)28(34)21-14-8-10-16-24(21)31-27(33)19-11-5-4-6-12-19/h4-7,9,11-13,15,21-22,24-26,30H,8,10,14,16-18H2,1-3H3,(H,31,33)/t21-,22-,24+,25-,26-/m0/s1. The number of rotatable bonds is 3. The van der Waals surface area contributed by atoms with Crippen molar-refractivity contribution in [2.45, 2.75) is 71.0 Å². The number of hydrogen-bond acceptors (Lipinski definition) is 3. The van der Waals surface area contributed by atoms with E-state index < -0.39 is 0 Å². The van der Waals surface area contributed by atoms with Gasteiger partial charge < -0.3 is 15.5 Å². The Hall–Kier alpha value is -2.82. The molecular formula is C29H37N3O2. The summed E-state index contributed by atoms with van der Waals surface area (Å²) in [7, 11) is 0. The number of carbonyl (C=O) groups is 2. The van der Waals surface area contributed by atoms with Crippen LogP contribution >= 0.6 is 0 Å². The summed E-state index contributed by atoms with van der Waals surface area (Å²) in [5.41, 5.74) is 3.13. The zero-order valence-corrected chi connectivity index (χ0v) is 20.6.